The van der Waals surface area contributed by atoms with Gasteiger partial charge in [-0.05, 0) is 52.8 Å². The van der Waals surface area contributed by atoms with Gasteiger partial charge in [0, 0.05) is 29.1 Å². The fourth-order valence-corrected chi connectivity index (χ4v) is 2.83. The second-order valence-corrected chi connectivity index (χ2v) is 6.40. The van der Waals surface area contributed by atoms with Crippen LogP contribution in [0.4, 0.5) is 31.5 Å². The molecule has 0 aliphatic carbocycles. The monoisotopic (exact) mass is 440 g/mol. The van der Waals surface area contributed by atoms with Gasteiger partial charge in [0.05, 0.1) is 12.7 Å². The van der Waals surface area contributed by atoms with Gasteiger partial charge in [0.1, 0.15) is 28.8 Å². The lowest BCUT2D eigenvalue weighted by atomic mass is 10.1. The van der Waals surface area contributed by atoms with Crippen molar-refractivity contribution in [3.63, 3.8) is 0 Å². The Labute approximate surface area is 179 Å². The van der Waals surface area contributed by atoms with Gasteiger partial charge in [-0.15, -0.1) is 9.81 Å². The zero-order chi connectivity index (χ0) is 23.3. The summed E-state index contributed by atoms with van der Waals surface area (Å²) in [5.74, 6) is -2.90. The Morgan fingerprint density at radius 1 is 0.781 bits per heavy atom. The number of hydrogen-bond donors (Lipinski definition) is 2. The van der Waals surface area contributed by atoms with Gasteiger partial charge >= 0.3 is 0 Å². The van der Waals surface area contributed by atoms with Crippen LogP contribution in [-0.2, 0) is 0 Å². The second-order valence-electron chi connectivity index (χ2n) is 6.40. The second kappa shape index (κ2) is 9.51. The summed E-state index contributed by atoms with van der Waals surface area (Å²) in [6.07, 6.45) is 0. The van der Waals surface area contributed by atoms with Gasteiger partial charge < -0.3 is 15.4 Å². The molecule has 0 radical (unpaired) electrons. The summed E-state index contributed by atoms with van der Waals surface area (Å²) in [4.78, 5) is 46.6. The summed E-state index contributed by atoms with van der Waals surface area (Å²) in [5.41, 5.74) is -0.542. The van der Waals surface area contributed by atoms with E-state index < -0.39 is 23.4 Å². The molecule has 162 valence electrons. The quantitative estimate of drug-likeness (QED) is 0.484. The fraction of sp³-hybridized carbons (Fsp3) is 0.0476. The van der Waals surface area contributed by atoms with E-state index in [0.717, 1.165) is 24.3 Å². The van der Waals surface area contributed by atoms with Crippen LogP contribution in [-0.4, -0.2) is 18.9 Å². The molecule has 32 heavy (non-hydrogen) atoms. The lowest BCUT2D eigenvalue weighted by Crippen LogP contribution is -2.16. The maximum atomic E-state index is 13.6. The predicted molar refractivity (Wildman–Crippen MR) is 113 cm³/mol. The molecule has 0 aliphatic rings. The minimum atomic E-state index is -0.781. The SMILES string of the molecule is COc1ccc(C(=O)Nc2cc(F)cc(N=O)c2)cc1C(=O)Nc1cc(F)cc(N=O)c1. The highest BCUT2D eigenvalue weighted by Gasteiger charge is 2.17. The fourth-order valence-electron chi connectivity index (χ4n) is 2.83. The molecule has 0 unspecified atom stereocenters. The molecule has 3 aromatic rings. The molecule has 0 fully saturated rings. The number of methoxy groups -OCH3 is 1. The van der Waals surface area contributed by atoms with E-state index in [1.54, 1.807) is 0 Å². The van der Waals surface area contributed by atoms with E-state index in [-0.39, 0.29) is 39.6 Å². The van der Waals surface area contributed by atoms with Crippen LogP contribution < -0.4 is 15.4 Å². The first-order chi connectivity index (χ1) is 15.3. The van der Waals surface area contributed by atoms with Crippen molar-refractivity contribution < 1.29 is 23.1 Å². The van der Waals surface area contributed by atoms with Crippen LogP contribution in [0.3, 0.4) is 0 Å². The lowest BCUT2D eigenvalue weighted by Gasteiger charge is -2.12. The minimum absolute atomic E-state index is 0.00955. The first-order valence-electron chi connectivity index (χ1n) is 8.91. The molecular weight excluding hydrogens is 426 g/mol. The number of hydrogen-bond acceptors (Lipinski definition) is 7. The first-order valence-corrected chi connectivity index (χ1v) is 8.91. The number of nitrogens with zero attached hydrogens (tertiary/aromatic N) is 2. The highest BCUT2D eigenvalue weighted by Crippen LogP contribution is 2.25. The Hall–Kier alpha value is -4.54. The summed E-state index contributed by atoms with van der Waals surface area (Å²) in [6, 6.07) is 10.0. The average molecular weight is 440 g/mol. The van der Waals surface area contributed by atoms with E-state index in [9.17, 15) is 28.2 Å². The number of carbonyl (C=O) groups is 2. The van der Waals surface area contributed by atoms with Crippen molar-refractivity contribution in [1.29, 1.82) is 0 Å². The zero-order valence-electron chi connectivity index (χ0n) is 16.4. The third-order valence-corrected chi connectivity index (χ3v) is 4.20. The largest absolute Gasteiger partial charge is 0.496 e. The van der Waals surface area contributed by atoms with Gasteiger partial charge in [-0.3, -0.25) is 9.59 Å². The number of ether oxygens (including phenoxy) is 1. The highest BCUT2D eigenvalue weighted by molar-refractivity contribution is 6.10. The number of rotatable bonds is 7. The molecule has 0 aromatic heterocycles. The molecule has 2 amide bonds. The number of anilines is 2. The van der Waals surface area contributed by atoms with Gasteiger partial charge in [-0.2, -0.15) is 0 Å². The van der Waals surface area contributed by atoms with E-state index in [4.69, 9.17) is 4.74 Å². The molecular formula is C21H14F2N4O5. The van der Waals surface area contributed by atoms with Crippen LogP contribution in [0.15, 0.2) is 65.0 Å². The minimum Gasteiger partial charge on any atom is -0.496 e. The first kappa shape index (κ1) is 22.2. The van der Waals surface area contributed by atoms with E-state index in [2.05, 4.69) is 21.0 Å². The van der Waals surface area contributed by atoms with Gasteiger partial charge in [-0.25, -0.2) is 8.78 Å². The summed E-state index contributed by atoms with van der Waals surface area (Å²) in [5, 5.41) is 10.1. The van der Waals surface area contributed by atoms with E-state index in [1.165, 1.54) is 37.4 Å². The van der Waals surface area contributed by atoms with Gasteiger partial charge in [0.15, 0.2) is 0 Å². The maximum Gasteiger partial charge on any atom is 0.259 e. The van der Waals surface area contributed by atoms with E-state index in [0.29, 0.717) is 0 Å². The molecule has 3 rings (SSSR count). The highest BCUT2D eigenvalue weighted by atomic mass is 19.1. The van der Waals surface area contributed by atoms with Crippen molar-refractivity contribution in [2.24, 2.45) is 10.4 Å². The summed E-state index contributed by atoms with van der Waals surface area (Å²) < 4.78 is 32.3. The van der Waals surface area contributed by atoms with Crippen LogP contribution in [0.25, 0.3) is 0 Å². The number of halogens is 2. The Kier molecular flexibility index (Phi) is 6.59. The van der Waals surface area contributed by atoms with Crippen molar-refractivity contribution in [3.05, 3.63) is 87.2 Å². The predicted octanol–water partition coefficient (Wildman–Crippen LogP) is 5.27. The molecule has 0 spiro atoms. The number of nitroso groups, excluding NO2 is 2. The summed E-state index contributed by atoms with van der Waals surface area (Å²) >= 11 is 0. The van der Waals surface area contributed by atoms with Crippen molar-refractivity contribution in [2.75, 3.05) is 17.7 Å². The Balaban J connectivity index is 1.88. The third-order valence-electron chi connectivity index (χ3n) is 4.20. The molecule has 11 heteroatoms. The molecule has 0 bridgehead atoms. The van der Waals surface area contributed by atoms with Crippen molar-refractivity contribution in [3.8, 4) is 5.75 Å². The number of carbonyl (C=O) groups excluding carboxylic acids is 2. The summed E-state index contributed by atoms with van der Waals surface area (Å²) in [6.45, 7) is 0. The molecule has 2 N–H and O–H groups in total. The Morgan fingerprint density at radius 3 is 1.81 bits per heavy atom. The number of benzene rings is 3. The van der Waals surface area contributed by atoms with Crippen LogP contribution >= 0.6 is 0 Å². The van der Waals surface area contributed by atoms with Crippen molar-refractivity contribution in [1.82, 2.24) is 0 Å². The van der Waals surface area contributed by atoms with Crippen LogP contribution in [0.1, 0.15) is 20.7 Å². The standard InChI is InChI=1S/C21H14F2N4O5/c1-32-19-3-2-11(20(28)24-14-5-12(22)7-16(9-14)26-30)4-18(19)21(29)25-15-6-13(23)8-17(10-15)27-31/h2-10H,1H3,(H,24,28)(H,25,29). The maximum absolute atomic E-state index is 13.6. The molecule has 0 aliphatic heterocycles. The van der Waals surface area contributed by atoms with Gasteiger partial charge in [0.2, 0.25) is 0 Å². The molecule has 0 atom stereocenters. The Bertz CT molecular complexity index is 1230. The molecule has 9 nitrogen and oxygen atoms in total. The average Bonchev–Trinajstić information content (AvgIpc) is 2.77. The molecule has 0 heterocycles. The van der Waals surface area contributed by atoms with Gasteiger partial charge in [0.25, 0.3) is 11.8 Å². The smallest absolute Gasteiger partial charge is 0.259 e. The van der Waals surface area contributed by atoms with E-state index >= 15 is 0 Å². The number of amides is 2. The normalized spacial score (nSPS) is 10.2. The van der Waals surface area contributed by atoms with Gasteiger partial charge in [-0.1, -0.05) is 0 Å². The topological polar surface area (TPSA) is 126 Å². The zero-order valence-corrected chi connectivity index (χ0v) is 16.4. The Morgan fingerprint density at radius 2 is 1.31 bits per heavy atom. The molecule has 0 saturated heterocycles. The summed E-state index contributed by atoms with van der Waals surface area (Å²) in [7, 11) is 1.31. The molecule has 3 aromatic carbocycles. The van der Waals surface area contributed by atoms with Crippen molar-refractivity contribution >= 4 is 34.6 Å². The van der Waals surface area contributed by atoms with E-state index in [1.807, 2.05) is 0 Å². The molecule has 0 saturated carbocycles. The van der Waals surface area contributed by atoms with Crippen LogP contribution in [0.5, 0.6) is 5.75 Å². The van der Waals surface area contributed by atoms with Crippen LogP contribution in [0, 0.1) is 21.4 Å². The lowest BCUT2D eigenvalue weighted by molar-refractivity contribution is 0.102. The van der Waals surface area contributed by atoms with Crippen LogP contribution in [0.2, 0.25) is 0 Å². The van der Waals surface area contributed by atoms with Crippen molar-refractivity contribution in [2.45, 2.75) is 0 Å². The third kappa shape index (κ3) is 5.14. The number of nitrogens with one attached hydrogen (secondary N) is 2.